The second-order valence-electron chi connectivity index (χ2n) is 6.66. The SMILES string of the molecule is N#Cc1ccnc(NC2CC(N(CC(=O)O)CC3CC3)C2)c1[N+](=O)[O-]. The summed E-state index contributed by atoms with van der Waals surface area (Å²) in [5.41, 5.74) is -0.339. The topological polar surface area (TPSA) is 132 Å². The van der Waals surface area contributed by atoms with Crippen molar-refractivity contribution >= 4 is 17.5 Å². The van der Waals surface area contributed by atoms with E-state index in [0.717, 1.165) is 19.4 Å². The quantitative estimate of drug-likeness (QED) is 0.536. The number of pyridine rings is 1. The van der Waals surface area contributed by atoms with E-state index in [1.165, 1.54) is 12.3 Å². The largest absolute Gasteiger partial charge is 0.480 e. The zero-order valence-corrected chi connectivity index (χ0v) is 13.6. The van der Waals surface area contributed by atoms with E-state index in [2.05, 4.69) is 10.3 Å². The Bertz CT molecular complexity index is 722. The van der Waals surface area contributed by atoms with Crippen molar-refractivity contribution in [3.8, 4) is 6.07 Å². The van der Waals surface area contributed by atoms with E-state index in [0.29, 0.717) is 18.8 Å². The Balaban J connectivity index is 1.62. The molecule has 2 aliphatic rings. The van der Waals surface area contributed by atoms with E-state index >= 15 is 0 Å². The second kappa shape index (κ2) is 7.03. The zero-order chi connectivity index (χ0) is 18.0. The van der Waals surface area contributed by atoms with Crippen molar-refractivity contribution < 1.29 is 14.8 Å². The number of nitriles is 1. The molecule has 0 atom stereocenters. The number of carboxylic acid groups (broad SMARTS) is 1. The maximum atomic E-state index is 11.2. The summed E-state index contributed by atoms with van der Waals surface area (Å²) in [6, 6.07) is 3.27. The molecule has 25 heavy (non-hydrogen) atoms. The van der Waals surface area contributed by atoms with Crippen LogP contribution >= 0.6 is 0 Å². The van der Waals surface area contributed by atoms with Gasteiger partial charge in [-0.1, -0.05) is 0 Å². The molecular formula is C16H19N5O4. The molecule has 0 bridgehead atoms. The van der Waals surface area contributed by atoms with Gasteiger partial charge in [-0.3, -0.25) is 19.8 Å². The monoisotopic (exact) mass is 345 g/mol. The minimum absolute atomic E-state index is 0.0133. The third kappa shape index (κ3) is 4.03. The molecule has 0 radical (unpaired) electrons. The highest BCUT2D eigenvalue weighted by atomic mass is 16.6. The van der Waals surface area contributed by atoms with Crippen LogP contribution < -0.4 is 5.32 Å². The second-order valence-corrected chi connectivity index (χ2v) is 6.66. The predicted molar refractivity (Wildman–Crippen MR) is 88.0 cm³/mol. The van der Waals surface area contributed by atoms with Gasteiger partial charge >= 0.3 is 11.7 Å². The van der Waals surface area contributed by atoms with Crippen molar-refractivity contribution in [1.29, 1.82) is 5.26 Å². The fourth-order valence-corrected chi connectivity index (χ4v) is 3.18. The van der Waals surface area contributed by atoms with Crippen LogP contribution in [-0.4, -0.2) is 51.1 Å². The molecule has 1 heterocycles. The number of hydrogen-bond donors (Lipinski definition) is 2. The Morgan fingerprint density at radius 1 is 1.52 bits per heavy atom. The Morgan fingerprint density at radius 2 is 2.24 bits per heavy atom. The predicted octanol–water partition coefficient (Wildman–Crippen LogP) is 1.60. The maximum Gasteiger partial charge on any atom is 0.328 e. The first-order chi connectivity index (χ1) is 12.0. The Labute approximate surface area is 144 Å². The van der Waals surface area contributed by atoms with Crippen LogP contribution in [0.25, 0.3) is 0 Å². The van der Waals surface area contributed by atoms with Gasteiger partial charge in [0.25, 0.3) is 0 Å². The van der Waals surface area contributed by atoms with E-state index in [1.807, 2.05) is 11.0 Å². The molecule has 1 aromatic heterocycles. The minimum atomic E-state index is -0.837. The minimum Gasteiger partial charge on any atom is -0.480 e. The number of aliphatic carboxylic acids is 1. The molecule has 1 aromatic rings. The zero-order valence-electron chi connectivity index (χ0n) is 13.6. The van der Waals surface area contributed by atoms with Crippen LogP contribution in [0.1, 0.15) is 31.2 Å². The van der Waals surface area contributed by atoms with Crippen LogP contribution in [0.4, 0.5) is 11.5 Å². The molecule has 9 heteroatoms. The number of rotatable bonds is 8. The molecule has 2 saturated carbocycles. The van der Waals surface area contributed by atoms with Gasteiger partial charge in [0.1, 0.15) is 11.6 Å². The van der Waals surface area contributed by atoms with E-state index in [9.17, 15) is 14.9 Å². The number of hydrogen-bond acceptors (Lipinski definition) is 7. The molecule has 0 spiro atoms. The van der Waals surface area contributed by atoms with Gasteiger partial charge in [-0.05, 0) is 37.7 Å². The fraction of sp³-hybridized carbons (Fsp3) is 0.562. The summed E-state index contributed by atoms with van der Waals surface area (Å²) >= 11 is 0. The summed E-state index contributed by atoms with van der Waals surface area (Å²) < 4.78 is 0. The van der Waals surface area contributed by atoms with Gasteiger partial charge in [0.15, 0.2) is 0 Å². The molecule has 0 saturated heterocycles. The lowest BCUT2D eigenvalue weighted by Gasteiger charge is -2.42. The van der Waals surface area contributed by atoms with Crippen molar-refractivity contribution in [3.05, 3.63) is 27.9 Å². The number of nitro groups is 1. The van der Waals surface area contributed by atoms with Gasteiger partial charge in [0.05, 0.1) is 11.5 Å². The third-order valence-electron chi connectivity index (χ3n) is 4.73. The number of aromatic nitrogens is 1. The van der Waals surface area contributed by atoms with Gasteiger partial charge in [-0.25, -0.2) is 4.98 Å². The Morgan fingerprint density at radius 3 is 2.80 bits per heavy atom. The number of anilines is 1. The van der Waals surface area contributed by atoms with Crippen molar-refractivity contribution in [1.82, 2.24) is 9.88 Å². The summed E-state index contributed by atoms with van der Waals surface area (Å²) in [4.78, 5) is 27.6. The first-order valence-corrected chi connectivity index (χ1v) is 8.23. The molecule has 0 aromatic carbocycles. The molecule has 0 amide bonds. The molecule has 0 aliphatic heterocycles. The van der Waals surface area contributed by atoms with Gasteiger partial charge < -0.3 is 10.4 Å². The molecule has 3 rings (SSSR count). The molecular weight excluding hydrogens is 326 g/mol. The summed E-state index contributed by atoms with van der Waals surface area (Å²) in [5, 5.41) is 32.3. The molecule has 2 N–H and O–H groups in total. The van der Waals surface area contributed by atoms with Crippen LogP contribution in [0.3, 0.4) is 0 Å². The van der Waals surface area contributed by atoms with Crippen LogP contribution in [0.15, 0.2) is 12.3 Å². The summed E-state index contributed by atoms with van der Waals surface area (Å²) in [7, 11) is 0. The van der Waals surface area contributed by atoms with Gasteiger partial charge in [0.2, 0.25) is 5.82 Å². The van der Waals surface area contributed by atoms with Gasteiger partial charge in [-0.15, -0.1) is 0 Å². The van der Waals surface area contributed by atoms with Crippen molar-refractivity contribution in [2.45, 2.75) is 37.8 Å². The highest BCUT2D eigenvalue weighted by molar-refractivity contribution is 5.69. The van der Waals surface area contributed by atoms with Crippen LogP contribution in [-0.2, 0) is 4.79 Å². The lowest BCUT2D eigenvalue weighted by atomic mass is 9.85. The van der Waals surface area contributed by atoms with Crippen LogP contribution in [0.5, 0.6) is 0 Å². The number of carboxylic acids is 1. The summed E-state index contributed by atoms with van der Waals surface area (Å²) in [5.74, 6) is -0.142. The van der Waals surface area contributed by atoms with Crippen molar-refractivity contribution in [2.75, 3.05) is 18.4 Å². The standard InChI is InChI=1S/C16H19N5O4/c17-7-11-3-4-18-16(15(11)21(24)25)19-12-5-13(6-12)20(9-14(22)23)8-10-1-2-10/h3-4,10,12-13H,1-2,5-6,8-9H2,(H,18,19)(H,22,23). The average molecular weight is 345 g/mol. The van der Waals surface area contributed by atoms with Crippen LogP contribution in [0.2, 0.25) is 0 Å². The fourth-order valence-electron chi connectivity index (χ4n) is 3.18. The normalized spacial score (nSPS) is 22.1. The summed E-state index contributed by atoms with van der Waals surface area (Å²) in [6.45, 7) is 0.822. The molecule has 0 unspecified atom stereocenters. The molecule has 9 nitrogen and oxygen atoms in total. The Kier molecular flexibility index (Phi) is 4.81. The van der Waals surface area contributed by atoms with Crippen molar-refractivity contribution in [3.63, 3.8) is 0 Å². The highest BCUT2D eigenvalue weighted by Crippen LogP contribution is 2.35. The summed E-state index contributed by atoms with van der Waals surface area (Å²) in [6.07, 6.45) is 5.09. The molecule has 2 fully saturated rings. The van der Waals surface area contributed by atoms with E-state index in [-0.39, 0.29) is 35.7 Å². The van der Waals surface area contributed by atoms with Crippen molar-refractivity contribution in [2.24, 2.45) is 5.92 Å². The van der Waals surface area contributed by atoms with E-state index in [1.54, 1.807) is 0 Å². The Hall–Kier alpha value is -2.73. The number of nitrogens with one attached hydrogen (secondary N) is 1. The van der Waals surface area contributed by atoms with E-state index in [4.69, 9.17) is 10.4 Å². The maximum absolute atomic E-state index is 11.2. The first kappa shape index (κ1) is 17.1. The number of nitrogens with zero attached hydrogens (tertiary/aromatic N) is 4. The molecule has 132 valence electrons. The number of carbonyl (C=O) groups is 1. The average Bonchev–Trinajstić information content (AvgIpc) is 3.32. The smallest absolute Gasteiger partial charge is 0.328 e. The third-order valence-corrected chi connectivity index (χ3v) is 4.73. The lowest BCUT2D eigenvalue weighted by Crippen LogP contribution is -2.52. The first-order valence-electron chi connectivity index (χ1n) is 8.23. The van der Waals surface area contributed by atoms with Gasteiger partial charge in [-0.2, -0.15) is 5.26 Å². The lowest BCUT2D eigenvalue weighted by molar-refractivity contribution is -0.384. The van der Waals surface area contributed by atoms with E-state index < -0.39 is 10.9 Å². The highest BCUT2D eigenvalue weighted by Gasteiger charge is 2.38. The van der Waals surface area contributed by atoms with Gasteiger partial charge in [0, 0.05) is 24.8 Å². The molecule has 2 aliphatic carbocycles. The van der Waals surface area contributed by atoms with Crippen LogP contribution in [0, 0.1) is 27.4 Å².